The Morgan fingerprint density at radius 1 is 1.08 bits per heavy atom. The molecule has 5 heteroatoms. The molecule has 5 nitrogen and oxygen atoms in total. The number of anilines is 1. The molecule has 1 aromatic heterocycles. The van der Waals surface area contributed by atoms with Gasteiger partial charge in [-0.15, -0.1) is 0 Å². The Labute approximate surface area is 145 Å². The number of rotatable bonds is 5. The van der Waals surface area contributed by atoms with Gasteiger partial charge in [-0.2, -0.15) is 0 Å². The largest absolute Gasteiger partial charge is 0.481 e. The molecule has 3 rings (SSSR count). The maximum Gasteiger partial charge on any atom is 0.306 e. The summed E-state index contributed by atoms with van der Waals surface area (Å²) >= 11 is 0. The van der Waals surface area contributed by atoms with E-state index in [0.29, 0.717) is 17.7 Å². The van der Waals surface area contributed by atoms with Crippen molar-refractivity contribution in [3.63, 3.8) is 0 Å². The fraction of sp³-hybridized carbons (Fsp3) is 0.150. The number of carboxylic acid groups (broad SMARTS) is 1. The molecule has 0 spiro atoms. The first kappa shape index (κ1) is 16.6. The van der Waals surface area contributed by atoms with Crippen LogP contribution in [0, 0.1) is 5.92 Å². The molecule has 0 aliphatic rings. The smallest absolute Gasteiger partial charge is 0.306 e. The molecule has 0 saturated carbocycles. The topological polar surface area (TPSA) is 79.3 Å². The van der Waals surface area contributed by atoms with Gasteiger partial charge in [-0.25, -0.2) is 0 Å². The standard InChI is InChI=1S/C20H18N2O3/c1-13(20(24)25)12-14-6-8-15(9-7-14)22-19(23)17-10-11-21-18-5-3-2-4-16(17)18/h2-11,13H,12H2,1H3,(H,22,23)(H,24,25). The van der Waals surface area contributed by atoms with Crippen LogP contribution in [-0.4, -0.2) is 22.0 Å². The third-order valence-electron chi connectivity index (χ3n) is 4.07. The van der Waals surface area contributed by atoms with Gasteiger partial charge in [-0.3, -0.25) is 14.6 Å². The third-order valence-corrected chi connectivity index (χ3v) is 4.07. The van der Waals surface area contributed by atoms with Crippen LogP contribution in [0.15, 0.2) is 60.8 Å². The Morgan fingerprint density at radius 3 is 2.52 bits per heavy atom. The average molecular weight is 334 g/mol. The van der Waals surface area contributed by atoms with Gasteiger partial charge < -0.3 is 10.4 Å². The minimum absolute atomic E-state index is 0.203. The average Bonchev–Trinajstić information content (AvgIpc) is 2.62. The van der Waals surface area contributed by atoms with Crippen molar-refractivity contribution in [1.29, 1.82) is 0 Å². The first-order valence-electron chi connectivity index (χ1n) is 8.01. The summed E-state index contributed by atoms with van der Waals surface area (Å²) < 4.78 is 0. The molecule has 2 aromatic carbocycles. The number of aliphatic carboxylic acids is 1. The van der Waals surface area contributed by atoms with Crippen LogP contribution in [-0.2, 0) is 11.2 Å². The van der Waals surface area contributed by atoms with Crippen LogP contribution in [0.4, 0.5) is 5.69 Å². The van der Waals surface area contributed by atoms with Crippen molar-refractivity contribution in [2.45, 2.75) is 13.3 Å². The molecule has 1 amide bonds. The number of carbonyl (C=O) groups excluding carboxylic acids is 1. The molecule has 0 aliphatic carbocycles. The molecule has 126 valence electrons. The number of fused-ring (bicyclic) bond motifs is 1. The molecule has 1 heterocycles. The van der Waals surface area contributed by atoms with Gasteiger partial charge in [-0.1, -0.05) is 37.3 Å². The van der Waals surface area contributed by atoms with Gasteiger partial charge in [-0.05, 0) is 36.2 Å². The summed E-state index contributed by atoms with van der Waals surface area (Å²) in [5, 5.41) is 12.6. The molecule has 0 bridgehead atoms. The van der Waals surface area contributed by atoms with Crippen LogP contribution < -0.4 is 5.32 Å². The van der Waals surface area contributed by atoms with E-state index in [1.165, 1.54) is 0 Å². The van der Waals surface area contributed by atoms with Gasteiger partial charge in [0.05, 0.1) is 17.0 Å². The number of carboxylic acids is 1. The second kappa shape index (κ2) is 7.13. The molecule has 1 atom stereocenters. The number of aromatic nitrogens is 1. The van der Waals surface area contributed by atoms with E-state index in [1.54, 1.807) is 31.3 Å². The minimum atomic E-state index is -0.818. The number of pyridine rings is 1. The third kappa shape index (κ3) is 3.83. The van der Waals surface area contributed by atoms with Gasteiger partial charge in [0.2, 0.25) is 0 Å². The van der Waals surface area contributed by atoms with Crippen LogP contribution in [0.2, 0.25) is 0 Å². The zero-order valence-corrected chi connectivity index (χ0v) is 13.8. The Balaban J connectivity index is 1.75. The molecule has 0 fully saturated rings. The number of para-hydroxylation sites is 1. The summed E-state index contributed by atoms with van der Waals surface area (Å²) in [6.07, 6.45) is 2.08. The highest BCUT2D eigenvalue weighted by Gasteiger charge is 2.13. The van der Waals surface area contributed by atoms with Crippen molar-refractivity contribution in [2.75, 3.05) is 5.32 Å². The lowest BCUT2D eigenvalue weighted by molar-refractivity contribution is -0.141. The molecule has 1 unspecified atom stereocenters. The monoisotopic (exact) mass is 334 g/mol. The van der Waals surface area contributed by atoms with E-state index in [-0.39, 0.29) is 5.91 Å². The highest BCUT2D eigenvalue weighted by atomic mass is 16.4. The Hall–Kier alpha value is -3.21. The second-order valence-electron chi connectivity index (χ2n) is 5.97. The molecule has 3 aromatic rings. The zero-order valence-electron chi connectivity index (χ0n) is 13.8. The highest BCUT2D eigenvalue weighted by Crippen LogP contribution is 2.19. The molecule has 2 N–H and O–H groups in total. The normalized spacial score (nSPS) is 11.9. The number of nitrogens with one attached hydrogen (secondary N) is 1. The number of hydrogen-bond acceptors (Lipinski definition) is 3. The number of nitrogens with zero attached hydrogens (tertiary/aromatic N) is 1. The number of hydrogen-bond donors (Lipinski definition) is 2. The van der Waals surface area contributed by atoms with Crippen LogP contribution in [0.25, 0.3) is 10.9 Å². The van der Waals surface area contributed by atoms with Crippen molar-refractivity contribution in [3.05, 3.63) is 71.9 Å². The van der Waals surface area contributed by atoms with E-state index in [0.717, 1.165) is 16.5 Å². The van der Waals surface area contributed by atoms with E-state index in [4.69, 9.17) is 5.11 Å². The molecule has 0 radical (unpaired) electrons. The van der Waals surface area contributed by atoms with Crippen LogP contribution in [0.3, 0.4) is 0 Å². The first-order valence-corrected chi connectivity index (χ1v) is 8.01. The maximum atomic E-state index is 12.6. The highest BCUT2D eigenvalue weighted by molar-refractivity contribution is 6.12. The summed E-state index contributed by atoms with van der Waals surface area (Å²) in [5.74, 6) is -1.46. The second-order valence-corrected chi connectivity index (χ2v) is 5.97. The van der Waals surface area contributed by atoms with Crippen LogP contribution >= 0.6 is 0 Å². The number of carbonyl (C=O) groups is 2. The summed E-state index contributed by atoms with van der Waals surface area (Å²) in [7, 11) is 0. The van der Waals surface area contributed by atoms with Gasteiger partial charge in [0.1, 0.15) is 0 Å². The molecule has 0 aliphatic heterocycles. The summed E-state index contributed by atoms with van der Waals surface area (Å²) in [6.45, 7) is 1.67. The number of benzene rings is 2. The lowest BCUT2D eigenvalue weighted by Crippen LogP contribution is -2.13. The maximum absolute atomic E-state index is 12.6. The van der Waals surface area contributed by atoms with Crippen molar-refractivity contribution in [2.24, 2.45) is 5.92 Å². The van der Waals surface area contributed by atoms with E-state index >= 15 is 0 Å². The molecular weight excluding hydrogens is 316 g/mol. The van der Waals surface area contributed by atoms with Gasteiger partial charge in [0, 0.05) is 17.3 Å². The predicted molar refractivity (Wildman–Crippen MR) is 96.6 cm³/mol. The lowest BCUT2D eigenvalue weighted by Gasteiger charge is -2.10. The van der Waals surface area contributed by atoms with E-state index in [1.807, 2.05) is 36.4 Å². The minimum Gasteiger partial charge on any atom is -0.481 e. The quantitative estimate of drug-likeness (QED) is 0.745. The van der Waals surface area contributed by atoms with Crippen LogP contribution in [0.5, 0.6) is 0 Å². The summed E-state index contributed by atoms with van der Waals surface area (Å²) in [4.78, 5) is 27.7. The van der Waals surface area contributed by atoms with Crippen molar-refractivity contribution < 1.29 is 14.7 Å². The lowest BCUT2D eigenvalue weighted by atomic mass is 10.0. The Morgan fingerprint density at radius 2 is 1.80 bits per heavy atom. The molecule has 0 saturated heterocycles. The van der Waals surface area contributed by atoms with E-state index in [2.05, 4.69) is 10.3 Å². The predicted octanol–water partition coefficient (Wildman–Crippen LogP) is 3.75. The fourth-order valence-electron chi connectivity index (χ4n) is 2.66. The van der Waals surface area contributed by atoms with Crippen molar-refractivity contribution in [1.82, 2.24) is 4.98 Å². The first-order chi connectivity index (χ1) is 12.0. The van der Waals surface area contributed by atoms with E-state index in [9.17, 15) is 9.59 Å². The molecular formula is C20H18N2O3. The molecule has 25 heavy (non-hydrogen) atoms. The fourth-order valence-corrected chi connectivity index (χ4v) is 2.66. The van der Waals surface area contributed by atoms with Crippen LogP contribution in [0.1, 0.15) is 22.8 Å². The summed E-state index contributed by atoms with van der Waals surface area (Å²) in [5.41, 5.74) is 2.92. The summed E-state index contributed by atoms with van der Waals surface area (Å²) in [6, 6.07) is 16.4. The van der Waals surface area contributed by atoms with Gasteiger partial charge in [0.25, 0.3) is 5.91 Å². The zero-order chi connectivity index (χ0) is 17.8. The van der Waals surface area contributed by atoms with Gasteiger partial charge >= 0.3 is 5.97 Å². The van der Waals surface area contributed by atoms with Crippen molar-refractivity contribution in [3.8, 4) is 0 Å². The Bertz CT molecular complexity index is 914. The van der Waals surface area contributed by atoms with E-state index < -0.39 is 11.9 Å². The van der Waals surface area contributed by atoms with Crippen molar-refractivity contribution >= 4 is 28.5 Å². The SMILES string of the molecule is CC(Cc1ccc(NC(=O)c2ccnc3ccccc23)cc1)C(=O)O. The van der Waals surface area contributed by atoms with Gasteiger partial charge in [0.15, 0.2) is 0 Å². The Kier molecular flexibility index (Phi) is 4.75. The number of amides is 1.